The van der Waals surface area contributed by atoms with Gasteiger partial charge in [0, 0.05) is 20.8 Å². The first-order valence-corrected chi connectivity index (χ1v) is 8.49. The molecule has 0 saturated carbocycles. The molecule has 164 valence electrons. The van der Waals surface area contributed by atoms with Crippen LogP contribution in [0.5, 0.6) is 0 Å². The van der Waals surface area contributed by atoms with E-state index in [0.29, 0.717) is 0 Å². The van der Waals surface area contributed by atoms with Gasteiger partial charge in [-0.2, -0.15) is 0 Å². The molecule has 14 heteroatoms. The topological polar surface area (TPSA) is 175 Å². The van der Waals surface area contributed by atoms with Gasteiger partial charge in [-0.15, -0.1) is 0 Å². The second-order valence-corrected chi connectivity index (χ2v) is 6.09. The summed E-state index contributed by atoms with van der Waals surface area (Å²) in [6.45, 7) is 2.93. The molecule has 0 unspecified atom stereocenters. The molecule has 2 rings (SSSR count). The predicted molar refractivity (Wildman–Crippen MR) is 91.9 cm³/mol. The Labute approximate surface area is 169 Å². The molecule has 0 amide bonds. The van der Waals surface area contributed by atoms with Gasteiger partial charge >= 0.3 is 29.7 Å². The Balaban J connectivity index is 2.57. The van der Waals surface area contributed by atoms with E-state index in [-0.39, 0.29) is 6.61 Å². The maximum Gasteiger partial charge on any atom is 0.396 e. The van der Waals surface area contributed by atoms with Crippen molar-refractivity contribution in [3.05, 3.63) is 22.1 Å². The molecule has 4 atom stereocenters. The Morgan fingerprint density at radius 1 is 1.10 bits per heavy atom. The fraction of sp³-hybridized carbons (Fsp3) is 0.562. The molecular weight excluding hydrogens is 410 g/mol. The van der Waals surface area contributed by atoms with Gasteiger partial charge in [-0.25, -0.2) is 4.79 Å². The van der Waals surface area contributed by atoms with Gasteiger partial charge in [-0.05, 0) is 9.91 Å². The first kappa shape index (κ1) is 22.7. The summed E-state index contributed by atoms with van der Waals surface area (Å²) in [6, 6.07) is 0. The van der Waals surface area contributed by atoms with Crippen molar-refractivity contribution in [2.24, 2.45) is 0 Å². The van der Waals surface area contributed by atoms with Gasteiger partial charge in [0.2, 0.25) is 12.0 Å². The van der Waals surface area contributed by atoms with Crippen molar-refractivity contribution in [1.29, 1.82) is 0 Å². The summed E-state index contributed by atoms with van der Waals surface area (Å²) < 4.78 is 26.6. The number of nitro groups is 1. The molecule has 0 bridgehead atoms. The summed E-state index contributed by atoms with van der Waals surface area (Å²) in [7, 11) is 1.01. The molecule has 1 aromatic rings. The van der Waals surface area contributed by atoms with Crippen LogP contribution in [0.3, 0.4) is 0 Å². The molecule has 1 saturated heterocycles. The molecule has 1 aromatic heterocycles. The predicted octanol–water partition coefficient (Wildman–Crippen LogP) is -0.0982. The fourth-order valence-electron chi connectivity index (χ4n) is 2.93. The van der Waals surface area contributed by atoms with Crippen molar-refractivity contribution in [3.8, 4) is 0 Å². The van der Waals surface area contributed by atoms with Crippen LogP contribution in [0.1, 0.15) is 37.5 Å². The zero-order chi connectivity index (χ0) is 22.6. The number of rotatable bonds is 6. The summed E-state index contributed by atoms with van der Waals surface area (Å²) in [5.74, 6) is -4.23. The number of aromatic nitrogens is 2. The van der Waals surface area contributed by atoms with Gasteiger partial charge in [0.15, 0.2) is 24.5 Å². The van der Waals surface area contributed by atoms with Crippen LogP contribution in [-0.2, 0) is 38.1 Å². The van der Waals surface area contributed by atoms with E-state index in [4.69, 9.17) is 18.9 Å². The smallest absolute Gasteiger partial charge is 0.396 e. The second-order valence-electron chi connectivity index (χ2n) is 6.09. The molecule has 0 aliphatic carbocycles. The normalized spacial score (nSPS) is 23.2. The van der Waals surface area contributed by atoms with Crippen molar-refractivity contribution >= 4 is 29.7 Å². The maximum absolute atomic E-state index is 12.2. The van der Waals surface area contributed by atoms with Crippen molar-refractivity contribution < 1.29 is 47.8 Å². The van der Waals surface area contributed by atoms with Gasteiger partial charge in [0.05, 0.1) is 13.7 Å². The van der Waals surface area contributed by atoms with Crippen LogP contribution in [0.25, 0.3) is 0 Å². The minimum Gasteiger partial charge on any atom is -0.464 e. The van der Waals surface area contributed by atoms with E-state index < -0.39 is 64.9 Å². The lowest BCUT2D eigenvalue weighted by Crippen LogP contribution is -2.55. The van der Waals surface area contributed by atoms with Gasteiger partial charge in [0.1, 0.15) is 0 Å². The Hall–Kier alpha value is -3.55. The molecule has 1 aliphatic rings. The zero-order valence-corrected chi connectivity index (χ0v) is 16.4. The largest absolute Gasteiger partial charge is 0.464 e. The first-order chi connectivity index (χ1) is 14.1. The molecule has 0 aromatic carbocycles. The van der Waals surface area contributed by atoms with E-state index in [1.807, 2.05) is 0 Å². The molecular formula is C16H19N3O11. The second kappa shape index (κ2) is 9.30. The van der Waals surface area contributed by atoms with E-state index in [0.717, 1.165) is 38.8 Å². The van der Waals surface area contributed by atoms with Crippen molar-refractivity contribution in [1.82, 2.24) is 9.55 Å². The zero-order valence-electron chi connectivity index (χ0n) is 16.4. The highest BCUT2D eigenvalue weighted by molar-refractivity contribution is 5.91. The van der Waals surface area contributed by atoms with E-state index in [1.54, 1.807) is 0 Å². The highest BCUT2D eigenvalue weighted by Crippen LogP contribution is 2.33. The molecule has 30 heavy (non-hydrogen) atoms. The van der Waals surface area contributed by atoms with E-state index in [2.05, 4.69) is 9.72 Å². The molecule has 1 fully saturated rings. The lowest BCUT2D eigenvalue weighted by molar-refractivity contribution is -0.389. The Bertz CT molecular complexity index is 865. The van der Waals surface area contributed by atoms with Crippen LogP contribution in [0.4, 0.5) is 5.82 Å². The van der Waals surface area contributed by atoms with Crippen LogP contribution in [0.15, 0.2) is 6.33 Å². The standard InChI is InChI=1S/C16H19N3O11/c1-7(20)28-10-5-27-15(13(30-9(3)22)12(10)29-8(2)21)18-6-17-14(19(24)25)11(18)16(23)26-4/h6,10,12-13,15H,5H2,1-4H3/t10-,12-,13+,15+/m1/s1. The molecule has 0 spiro atoms. The lowest BCUT2D eigenvalue weighted by atomic mass is 10.0. The Kier molecular flexibility index (Phi) is 7.05. The quantitative estimate of drug-likeness (QED) is 0.254. The average molecular weight is 429 g/mol. The number of hydrogen-bond donors (Lipinski definition) is 0. The third-order valence-electron chi connectivity index (χ3n) is 3.92. The highest BCUT2D eigenvalue weighted by atomic mass is 16.7. The SMILES string of the molecule is COC(=O)c1c([N+](=O)[O-])ncn1[C@H]1OC[C@@H](OC(C)=O)[C@@H](OC(C)=O)[C@@H]1OC(C)=O. The van der Waals surface area contributed by atoms with Crippen LogP contribution >= 0.6 is 0 Å². The van der Waals surface area contributed by atoms with Gasteiger partial charge < -0.3 is 33.8 Å². The number of imidazole rings is 1. The monoisotopic (exact) mass is 429 g/mol. The summed E-state index contributed by atoms with van der Waals surface area (Å²) in [5.41, 5.74) is -0.586. The molecule has 0 radical (unpaired) electrons. The summed E-state index contributed by atoms with van der Waals surface area (Å²) in [5, 5.41) is 11.2. The van der Waals surface area contributed by atoms with Crippen LogP contribution in [0, 0.1) is 10.1 Å². The van der Waals surface area contributed by atoms with E-state index in [9.17, 15) is 29.3 Å². The van der Waals surface area contributed by atoms with E-state index >= 15 is 0 Å². The third-order valence-corrected chi connectivity index (χ3v) is 3.92. The van der Waals surface area contributed by atoms with Crippen molar-refractivity contribution in [3.63, 3.8) is 0 Å². The van der Waals surface area contributed by atoms with Gasteiger partial charge in [-0.3, -0.25) is 19.0 Å². The molecule has 1 aliphatic heterocycles. The number of ether oxygens (including phenoxy) is 5. The third kappa shape index (κ3) is 4.89. The minimum atomic E-state index is -1.44. The van der Waals surface area contributed by atoms with Crippen LogP contribution in [-0.4, -0.2) is 70.4 Å². The maximum atomic E-state index is 12.2. The highest BCUT2D eigenvalue weighted by Gasteiger charge is 2.49. The van der Waals surface area contributed by atoms with Crippen LogP contribution in [0.2, 0.25) is 0 Å². The average Bonchev–Trinajstić information content (AvgIpc) is 3.07. The Morgan fingerprint density at radius 3 is 2.17 bits per heavy atom. The number of nitrogens with zero attached hydrogens (tertiary/aromatic N) is 3. The number of carbonyl (C=O) groups is 4. The minimum absolute atomic E-state index is 0.341. The lowest BCUT2D eigenvalue weighted by Gasteiger charge is -2.40. The number of esters is 4. The molecule has 0 N–H and O–H groups in total. The van der Waals surface area contributed by atoms with Crippen LogP contribution < -0.4 is 0 Å². The number of methoxy groups -OCH3 is 1. The molecule has 14 nitrogen and oxygen atoms in total. The Morgan fingerprint density at radius 2 is 1.67 bits per heavy atom. The number of carbonyl (C=O) groups excluding carboxylic acids is 4. The molecule has 2 heterocycles. The first-order valence-electron chi connectivity index (χ1n) is 8.49. The summed E-state index contributed by atoms with van der Waals surface area (Å²) in [4.78, 5) is 60.8. The van der Waals surface area contributed by atoms with Crippen molar-refractivity contribution in [2.45, 2.75) is 45.3 Å². The number of hydrogen-bond acceptors (Lipinski definition) is 12. The summed E-state index contributed by atoms with van der Waals surface area (Å²) >= 11 is 0. The summed E-state index contributed by atoms with van der Waals surface area (Å²) in [6.07, 6.45) is -4.39. The van der Waals surface area contributed by atoms with E-state index in [1.165, 1.54) is 0 Å². The van der Waals surface area contributed by atoms with Crippen molar-refractivity contribution in [2.75, 3.05) is 13.7 Å². The fourth-order valence-corrected chi connectivity index (χ4v) is 2.93. The van der Waals surface area contributed by atoms with Gasteiger partial charge in [0.25, 0.3) is 0 Å². The van der Waals surface area contributed by atoms with Gasteiger partial charge in [-0.1, -0.05) is 0 Å².